The highest BCUT2D eigenvalue weighted by Crippen LogP contribution is 2.52. The molecule has 9 heteroatoms. The first-order chi connectivity index (χ1) is 19.5. The molecule has 1 aliphatic heterocycles. The molecule has 5 rings (SSSR count). The maximum atomic E-state index is 13.9. The maximum Gasteiger partial charge on any atom is 0.306 e. The quantitative estimate of drug-likeness (QED) is 0.358. The number of piperidine rings is 1. The van der Waals surface area contributed by atoms with Crippen LogP contribution in [-0.2, 0) is 31.0 Å². The van der Waals surface area contributed by atoms with Crippen LogP contribution in [0.5, 0.6) is 0 Å². The van der Waals surface area contributed by atoms with Gasteiger partial charge >= 0.3 is 5.97 Å². The van der Waals surface area contributed by atoms with Gasteiger partial charge in [0.1, 0.15) is 11.9 Å². The number of aromatic nitrogens is 1. The number of likely N-dealkylation sites (tertiary alicyclic amines) is 1. The number of halogens is 1. The fourth-order valence-corrected chi connectivity index (χ4v) is 6.52. The monoisotopic (exact) mass is 562 g/mol. The van der Waals surface area contributed by atoms with Crippen LogP contribution in [0.2, 0.25) is 0 Å². The molecule has 218 valence electrons. The van der Waals surface area contributed by atoms with Crippen molar-refractivity contribution in [2.24, 2.45) is 5.73 Å². The summed E-state index contributed by atoms with van der Waals surface area (Å²) in [5.41, 5.74) is 8.73. The number of amides is 2. The molecule has 41 heavy (non-hydrogen) atoms. The molecule has 0 bridgehead atoms. The Morgan fingerprint density at radius 2 is 1.90 bits per heavy atom. The number of aromatic amines is 1. The van der Waals surface area contributed by atoms with E-state index in [-0.39, 0.29) is 35.4 Å². The first kappa shape index (κ1) is 28.8. The van der Waals surface area contributed by atoms with Crippen molar-refractivity contribution in [2.75, 3.05) is 19.7 Å². The fourth-order valence-electron chi connectivity index (χ4n) is 6.52. The molecule has 1 aromatic heterocycles. The van der Waals surface area contributed by atoms with Gasteiger partial charge < -0.3 is 25.7 Å². The molecule has 2 amide bonds. The molecule has 8 nitrogen and oxygen atoms in total. The van der Waals surface area contributed by atoms with E-state index in [1.807, 2.05) is 30.0 Å². The highest BCUT2D eigenvalue weighted by molar-refractivity contribution is 5.92. The number of carbonyl (C=O) groups is 3. The number of ether oxygens (including phenoxy) is 1. The van der Waals surface area contributed by atoms with Crippen LogP contribution in [0.15, 0.2) is 48.5 Å². The van der Waals surface area contributed by atoms with Crippen molar-refractivity contribution >= 4 is 28.7 Å². The summed E-state index contributed by atoms with van der Waals surface area (Å²) in [6.07, 6.45) is 2.96. The largest absolute Gasteiger partial charge is 0.466 e. The average molecular weight is 563 g/mol. The Balaban J connectivity index is 1.33. The van der Waals surface area contributed by atoms with Crippen LogP contribution in [-0.4, -0.2) is 58.9 Å². The van der Waals surface area contributed by atoms with Crippen LogP contribution < -0.4 is 11.1 Å². The van der Waals surface area contributed by atoms with Gasteiger partial charge in [-0.05, 0) is 86.8 Å². The minimum atomic E-state index is -1.16. The van der Waals surface area contributed by atoms with Gasteiger partial charge in [0.15, 0.2) is 0 Å². The molecular weight excluding hydrogens is 523 g/mol. The van der Waals surface area contributed by atoms with Crippen molar-refractivity contribution in [3.63, 3.8) is 0 Å². The number of carbonyl (C=O) groups excluding carboxylic acids is 3. The third kappa shape index (κ3) is 6.00. The number of rotatable bonds is 8. The third-order valence-electron chi connectivity index (χ3n) is 8.61. The predicted molar refractivity (Wildman–Crippen MR) is 155 cm³/mol. The van der Waals surface area contributed by atoms with E-state index in [0.717, 1.165) is 30.5 Å². The Kier molecular flexibility index (Phi) is 7.92. The zero-order valence-corrected chi connectivity index (χ0v) is 24.0. The van der Waals surface area contributed by atoms with Crippen LogP contribution in [0.1, 0.15) is 69.2 Å². The average Bonchev–Trinajstić information content (AvgIpc) is 3.46. The lowest BCUT2D eigenvalue weighted by Gasteiger charge is -2.41. The summed E-state index contributed by atoms with van der Waals surface area (Å²) in [6, 6.07) is 13.8. The molecule has 1 fully saturated rings. The van der Waals surface area contributed by atoms with E-state index in [1.165, 1.54) is 23.3 Å². The van der Waals surface area contributed by atoms with E-state index >= 15 is 0 Å². The third-order valence-corrected chi connectivity index (χ3v) is 8.61. The molecular formula is C32H39FN4O4. The van der Waals surface area contributed by atoms with Gasteiger partial charge in [-0.3, -0.25) is 14.4 Å². The predicted octanol–water partition coefficient (Wildman–Crippen LogP) is 4.07. The zero-order valence-electron chi connectivity index (χ0n) is 24.0. The van der Waals surface area contributed by atoms with Gasteiger partial charge in [0, 0.05) is 36.1 Å². The summed E-state index contributed by atoms with van der Waals surface area (Å²) in [5, 5.41) is 3.58. The number of hydrogen-bond donors (Lipinski definition) is 3. The lowest BCUT2D eigenvalue weighted by molar-refractivity contribution is -0.143. The first-order valence-corrected chi connectivity index (χ1v) is 14.4. The first-order valence-electron chi connectivity index (χ1n) is 14.4. The van der Waals surface area contributed by atoms with E-state index in [4.69, 9.17) is 10.5 Å². The molecule has 0 radical (unpaired) electrons. The topological polar surface area (TPSA) is 118 Å². The van der Waals surface area contributed by atoms with Gasteiger partial charge in [0.2, 0.25) is 11.8 Å². The second-order valence-electron chi connectivity index (χ2n) is 12.1. The van der Waals surface area contributed by atoms with Crippen LogP contribution in [0.25, 0.3) is 10.9 Å². The Morgan fingerprint density at radius 1 is 1.17 bits per heavy atom. The standard InChI is InChI=1S/C32H39FN4O4/c1-4-41-28(38)17-21-19-32(25-8-6-5-7-24(21)25)11-13-37(14-12-32)29(39)27(36-30(40)31(2,3)34)18-23-16-20-15-22(33)9-10-26(20)35-23/h5-10,15-16,21,27,35H,4,11-14,17-19,34H2,1-3H3,(H,36,40)/t21?,27-/m1/s1. The fraction of sp³-hybridized carbons (Fsp3) is 0.469. The van der Waals surface area contributed by atoms with Gasteiger partial charge in [-0.15, -0.1) is 0 Å². The summed E-state index contributed by atoms with van der Waals surface area (Å²) >= 11 is 0. The van der Waals surface area contributed by atoms with Gasteiger partial charge in [-0.2, -0.15) is 0 Å². The molecule has 2 heterocycles. The highest BCUT2D eigenvalue weighted by Gasteiger charge is 2.47. The summed E-state index contributed by atoms with van der Waals surface area (Å²) < 4.78 is 19.0. The Morgan fingerprint density at radius 3 is 2.61 bits per heavy atom. The van der Waals surface area contributed by atoms with Crippen molar-refractivity contribution < 1.29 is 23.5 Å². The number of benzene rings is 2. The van der Waals surface area contributed by atoms with Crippen molar-refractivity contribution in [1.29, 1.82) is 0 Å². The van der Waals surface area contributed by atoms with Gasteiger partial charge in [-0.25, -0.2) is 4.39 Å². The van der Waals surface area contributed by atoms with Crippen molar-refractivity contribution in [3.05, 3.63) is 71.2 Å². The summed E-state index contributed by atoms with van der Waals surface area (Å²) in [4.78, 5) is 44.2. The molecule has 4 N–H and O–H groups in total. The highest BCUT2D eigenvalue weighted by atomic mass is 19.1. The molecule has 3 aromatic rings. The number of esters is 1. The maximum absolute atomic E-state index is 13.9. The Hall–Kier alpha value is -3.72. The number of nitrogens with one attached hydrogen (secondary N) is 2. The van der Waals surface area contributed by atoms with Gasteiger partial charge in [-0.1, -0.05) is 24.3 Å². The Bertz CT molecular complexity index is 1450. The molecule has 1 spiro atoms. The van der Waals surface area contributed by atoms with Crippen LogP contribution in [0.3, 0.4) is 0 Å². The van der Waals surface area contributed by atoms with Crippen molar-refractivity contribution in [3.8, 4) is 0 Å². The number of nitrogens with zero attached hydrogens (tertiary/aromatic N) is 1. The number of nitrogens with two attached hydrogens (primary N) is 1. The molecule has 2 aromatic carbocycles. The zero-order chi connectivity index (χ0) is 29.4. The summed E-state index contributed by atoms with van der Waals surface area (Å²) in [5.74, 6) is -1.01. The number of hydrogen-bond acceptors (Lipinski definition) is 5. The second kappa shape index (κ2) is 11.3. The molecule has 1 saturated heterocycles. The van der Waals surface area contributed by atoms with Gasteiger partial charge in [0.25, 0.3) is 0 Å². The summed E-state index contributed by atoms with van der Waals surface area (Å²) in [7, 11) is 0. The van der Waals surface area contributed by atoms with Crippen molar-refractivity contribution in [2.45, 2.75) is 75.8 Å². The Labute approximate surface area is 239 Å². The minimum absolute atomic E-state index is 0.0955. The van der Waals surface area contributed by atoms with Crippen LogP contribution >= 0.6 is 0 Å². The second-order valence-corrected chi connectivity index (χ2v) is 12.1. The van der Waals surface area contributed by atoms with E-state index in [9.17, 15) is 18.8 Å². The minimum Gasteiger partial charge on any atom is -0.466 e. The number of H-pyrrole nitrogens is 1. The molecule has 1 unspecified atom stereocenters. The van der Waals surface area contributed by atoms with Crippen molar-refractivity contribution in [1.82, 2.24) is 15.2 Å². The van der Waals surface area contributed by atoms with E-state index in [2.05, 4.69) is 22.4 Å². The van der Waals surface area contributed by atoms with Crippen LogP contribution in [0.4, 0.5) is 4.39 Å². The molecule has 1 aliphatic carbocycles. The lowest BCUT2D eigenvalue weighted by atomic mass is 9.73. The van der Waals surface area contributed by atoms with Gasteiger partial charge in [0.05, 0.1) is 18.6 Å². The molecule has 0 saturated carbocycles. The molecule has 2 atom stereocenters. The number of fused-ring (bicyclic) bond motifs is 3. The smallest absolute Gasteiger partial charge is 0.306 e. The summed E-state index contributed by atoms with van der Waals surface area (Å²) in [6.45, 7) is 6.46. The van der Waals surface area contributed by atoms with E-state index in [0.29, 0.717) is 31.5 Å². The normalized spacial score (nSPS) is 18.8. The van der Waals surface area contributed by atoms with E-state index < -0.39 is 17.5 Å². The molecule has 2 aliphatic rings. The van der Waals surface area contributed by atoms with Crippen LogP contribution in [0, 0.1) is 5.82 Å². The van der Waals surface area contributed by atoms with E-state index in [1.54, 1.807) is 19.9 Å². The SMILES string of the molecule is CCOC(=O)CC1CC2(CCN(C(=O)[C@@H](Cc3cc4cc(F)ccc4[nH]3)NC(=O)C(C)(C)N)CC2)c2ccccc21. The lowest BCUT2D eigenvalue weighted by Crippen LogP contribution is -2.58.